The number of carboxylic acid groups (broad SMARTS) is 1. The minimum absolute atomic E-state index is 0.190. The number of piperidine rings is 1. The number of rotatable bonds is 7. The second kappa shape index (κ2) is 8.82. The van der Waals surface area contributed by atoms with Gasteiger partial charge in [0, 0.05) is 5.92 Å². The SMILES string of the molecule is O=C(O)C(C1CCCC1)C(Cc1ccc(C2CCNCC2)cc1)c1nn[nH]n1. The Balaban J connectivity index is 1.54. The summed E-state index contributed by atoms with van der Waals surface area (Å²) in [6, 6.07) is 8.73. The molecule has 2 heterocycles. The van der Waals surface area contributed by atoms with Crippen molar-refractivity contribution in [3.63, 3.8) is 0 Å². The van der Waals surface area contributed by atoms with E-state index in [9.17, 15) is 9.90 Å². The number of nitrogens with zero attached hydrogens (tertiary/aromatic N) is 3. The third-order valence-electron chi connectivity index (χ3n) is 6.57. The van der Waals surface area contributed by atoms with Gasteiger partial charge in [0.05, 0.1) is 5.92 Å². The van der Waals surface area contributed by atoms with Crippen LogP contribution in [-0.4, -0.2) is 44.8 Å². The molecular weight excluding hydrogens is 354 g/mol. The van der Waals surface area contributed by atoms with Gasteiger partial charge in [-0.1, -0.05) is 42.3 Å². The number of tetrazole rings is 1. The Bertz CT molecular complexity index is 750. The summed E-state index contributed by atoms with van der Waals surface area (Å²) in [5.74, 6) is -0.147. The number of aliphatic carboxylic acids is 1. The molecular formula is C21H29N5O2. The normalized spacial score (nSPS) is 20.9. The molecule has 28 heavy (non-hydrogen) atoms. The third kappa shape index (κ3) is 4.24. The van der Waals surface area contributed by atoms with Crippen molar-refractivity contribution in [2.45, 2.75) is 56.8 Å². The molecule has 1 saturated carbocycles. The van der Waals surface area contributed by atoms with Crippen molar-refractivity contribution < 1.29 is 9.90 Å². The number of hydrogen-bond acceptors (Lipinski definition) is 5. The van der Waals surface area contributed by atoms with Gasteiger partial charge in [0.2, 0.25) is 0 Å². The molecule has 2 aliphatic rings. The van der Waals surface area contributed by atoms with Crippen molar-refractivity contribution in [1.29, 1.82) is 0 Å². The first-order valence-electron chi connectivity index (χ1n) is 10.5. The zero-order chi connectivity index (χ0) is 19.3. The van der Waals surface area contributed by atoms with Crippen LogP contribution in [0.3, 0.4) is 0 Å². The molecule has 7 nitrogen and oxygen atoms in total. The molecule has 1 aromatic heterocycles. The molecule has 1 aliphatic heterocycles. The molecule has 2 atom stereocenters. The van der Waals surface area contributed by atoms with Gasteiger partial charge in [-0.2, -0.15) is 5.21 Å². The molecule has 0 amide bonds. The van der Waals surface area contributed by atoms with Crippen LogP contribution >= 0.6 is 0 Å². The van der Waals surface area contributed by atoms with Gasteiger partial charge < -0.3 is 10.4 Å². The highest BCUT2D eigenvalue weighted by Crippen LogP contribution is 2.40. The molecule has 3 N–H and O–H groups in total. The second-order valence-electron chi connectivity index (χ2n) is 8.26. The smallest absolute Gasteiger partial charge is 0.307 e. The number of carbonyl (C=O) groups is 1. The first-order valence-corrected chi connectivity index (χ1v) is 10.5. The summed E-state index contributed by atoms with van der Waals surface area (Å²) >= 11 is 0. The lowest BCUT2D eigenvalue weighted by Gasteiger charge is -2.27. The summed E-state index contributed by atoms with van der Waals surface area (Å²) in [6.07, 6.45) is 7.14. The van der Waals surface area contributed by atoms with E-state index in [1.165, 1.54) is 18.4 Å². The fraction of sp³-hybridized carbons (Fsp3) is 0.619. The van der Waals surface area contributed by atoms with Crippen LogP contribution in [0.25, 0.3) is 0 Å². The maximum absolute atomic E-state index is 12.2. The van der Waals surface area contributed by atoms with Gasteiger partial charge in [-0.05, 0) is 68.2 Å². The fourth-order valence-corrected chi connectivity index (χ4v) is 5.06. The van der Waals surface area contributed by atoms with Gasteiger partial charge in [-0.25, -0.2) is 0 Å². The van der Waals surface area contributed by atoms with E-state index >= 15 is 0 Å². The van der Waals surface area contributed by atoms with Crippen LogP contribution in [0.5, 0.6) is 0 Å². The van der Waals surface area contributed by atoms with Crippen LogP contribution in [0.2, 0.25) is 0 Å². The minimum atomic E-state index is -0.743. The van der Waals surface area contributed by atoms with Crippen LogP contribution in [0.15, 0.2) is 24.3 Å². The molecule has 4 rings (SSSR count). The van der Waals surface area contributed by atoms with E-state index in [2.05, 4.69) is 50.2 Å². The number of benzene rings is 1. The van der Waals surface area contributed by atoms with Gasteiger partial charge in [0.15, 0.2) is 5.82 Å². The molecule has 1 saturated heterocycles. The molecule has 2 unspecified atom stereocenters. The van der Waals surface area contributed by atoms with E-state index < -0.39 is 11.9 Å². The lowest BCUT2D eigenvalue weighted by Crippen LogP contribution is -2.30. The highest BCUT2D eigenvalue weighted by molar-refractivity contribution is 5.71. The van der Waals surface area contributed by atoms with Gasteiger partial charge in [0.25, 0.3) is 0 Å². The van der Waals surface area contributed by atoms with Crippen LogP contribution in [-0.2, 0) is 11.2 Å². The van der Waals surface area contributed by atoms with E-state index in [0.717, 1.165) is 44.3 Å². The molecule has 0 radical (unpaired) electrons. The second-order valence-corrected chi connectivity index (χ2v) is 8.26. The maximum atomic E-state index is 12.2. The zero-order valence-electron chi connectivity index (χ0n) is 16.2. The predicted molar refractivity (Wildman–Crippen MR) is 105 cm³/mol. The summed E-state index contributed by atoms with van der Waals surface area (Å²) < 4.78 is 0. The highest BCUT2D eigenvalue weighted by atomic mass is 16.4. The van der Waals surface area contributed by atoms with Gasteiger partial charge in [-0.3, -0.25) is 4.79 Å². The van der Waals surface area contributed by atoms with Crippen LogP contribution in [0, 0.1) is 11.8 Å². The first-order chi connectivity index (χ1) is 13.7. The molecule has 150 valence electrons. The zero-order valence-corrected chi connectivity index (χ0v) is 16.2. The van der Waals surface area contributed by atoms with E-state index in [1.54, 1.807) is 0 Å². The lowest BCUT2D eigenvalue weighted by atomic mass is 9.77. The first kappa shape index (κ1) is 19.1. The van der Waals surface area contributed by atoms with Gasteiger partial charge in [0.1, 0.15) is 0 Å². The Morgan fingerprint density at radius 1 is 1.11 bits per heavy atom. The highest BCUT2D eigenvalue weighted by Gasteiger charge is 2.39. The van der Waals surface area contributed by atoms with Crippen molar-refractivity contribution in [2.24, 2.45) is 11.8 Å². The molecule has 0 spiro atoms. The number of carboxylic acids is 1. The molecule has 1 aliphatic carbocycles. The van der Waals surface area contributed by atoms with Crippen LogP contribution in [0.1, 0.15) is 67.3 Å². The van der Waals surface area contributed by atoms with Crippen molar-refractivity contribution in [2.75, 3.05) is 13.1 Å². The number of nitrogens with one attached hydrogen (secondary N) is 2. The summed E-state index contributed by atoms with van der Waals surface area (Å²) in [5, 5.41) is 27.9. The largest absolute Gasteiger partial charge is 0.481 e. The quantitative estimate of drug-likeness (QED) is 0.679. The maximum Gasteiger partial charge on any atom is 0.307 e. The van der Waals surface area contributed by atoms with E-state index in [0.29, 0.717) is 18.2 Å². The summed E-state index contributed by atoms with van der Waals surface area (Å²) in [6.45, 7) is 2.15. The molecule has 1 aromatic carbocycles. The average Bonchev–Trinajstić information content (AvgIpc) is 3.43. The molecule has 0 bridgehead atoms. The third-order valence-corrected chi connectivity index (χ3v) is 6.57. The van der Waals surface area contributed by atoms with E-state index in [-0.39, 0.29) is 11.8 Å². The molecule has 2 aromatic rings. The Labute approximate surface area is 165 Å². The van der Waals surface area contributed by atoms with Crippen molar-refractivity contribution in [1.82, 2.24) is 25.9 Å². The molecule has 2 fully saturated rings. The van der Waals surface area contributed by atoms with E-state index in [4.69, 9.17) is 0 Å². The number of aromatic nitrogens is 4. The number of aromatic amines is 1. The lowest BCUT2D eigenvalue weighted by molar-refractivity contribution is -0.144. The Morgan fingerprint density at radius 2 is 1.82 bits per heavy atom. The molecule has 7 heteroatoms. The van der Waals surface area contributed by atoms with Crippen LogP contribution < -0.4 is 5.32 Å². The predicted octanol–water partition coefficient (Wildman–Crippen LogP) is 2.88. The number of H-pyrrole nitrogens is 1. The van der Waals surface area contributed by atoms with Gasteiger partial charge >= 0.3 is 5.97 Å². The summed E-state index contributed by atoms with van der Waals surface area (Å²) in [7, 11) is 0. The van der Waals surface area contributed by atoms with E-state index in [1.807, 2.05) is 0 Å². The van der Waals surface area contributed by atoms with Crippen molar-refractivity contribution in [3.8, 4) is 0 Å². The minimum Gasteiger partial charge on any atom is -0.481 e. The monoisotopic (exact) mass is 383 g/mol. The topological polar surface area (TPSA) is 104 Å². The summed E-state index contributed by atoms with van der Waals surface area (Å²) in [4.78, 5) is 12.2. The Hall–Kier alpha value is -2.28. The standard InChI is InChI=1S/C21H29N5O2/c27-21(28)19(17-3-1-2-4-17)18(20-23-25-26-24-20)13-14-5-7-15(8-6-14)16-9-11-22-12-10-16/h5-8,16-19,22H,1-4,9-13H2,(H,27,28)(H,23,24,25,26). The number of hydrogen-bond donors (Lipinski definition) is 3. The summed E-state index contributed by atoms with van der Waals surface area (Å²) in [5.41, 5.74) is 2.52. The Kier molecular flexibility index (Phi) is 6.00. The van der Waals surface area contributed by atoms with Crippen LogP contribution in [0.4, 0.5) is 0 Å². The van der Waals surface area contributed by atoms with Crippen molar-refractivity contribution in [3.05, 3.63) is 41.2 Å². The average molecular weight is 383 g/mol. The van der Waals surface area contributed by atoms with Gasteiger partial charge in [-0.15, -0.1) is 10.2 Å². The fourth-order valence-electron chi connectivity index (χ4n) is 5.06. The Morgan fingerprint density at radius 3 is 2.43 bits per heavy atom. The van der Waals surface area contributed by atoms with Crippen molar-refractivity contribution >= 4 is 5.97 Å².